The molecule has 2 aliphatic rings. The highest BCUT2D eigenvalue weighted by Crippen LogP contribution is 2.29. The Bertz CT molecular complexity index is 169. The van der Waals surface area contributed by atoms with Crippen molar-refractivity contribution in [1.29, 1.82) is 0 Å². The zero-order valence-electron chi connectivity index (χ0n) is 9.00. The lowest BCUT2D eigenvalue weighted by atomic mass is 9.84. The third kappa shape index (κ3) is 1.89. The van der Waals surface area contributed by atoms with Gasteiger partial charge in [-0.25, -0.2) is 0 Å². The van der Waals surface area contributed by atoms with Gasteiger partial charge in [-0.3, -0.25) is 0 Å². The van der Waals surface area contributed by atoms with Crippen molar-refractivity contribution >= 4 is 0 Å². The first-order valence-electron chi connectivity index (χ1n) is 5.74. The van der Waals surface area contributed by atoms with E-state index in [0.717, 1.165) is 12.0 Å². The van der Waals surface area contributed by atoms with E-state index in [4.69, 9.17) is 0 Å². The van der Waals surface area contributed by atoms with E-state index in [9.17, 15) is 0 Å². The smallest absolute Gasteiger partial charge is 0.0145 e. The third-order valence-electron chi connectivity index (χ3n) is 3.88. The molecule has 2 heteroatoms. The van der Waals surface area contributed by atoms with Gasteiger partial charge in [0.15, 0.2) is 0 Å². The predicted octanol–water partition coefficient (Wildman–Crippen LogP) is 1.42. The summed E-state index contributed by atoms with van der Waals surface area (Å²) in [5.41, 5.74) is 0. The van der Waals surface area contributed by atoms with Crippen molar-refractivity contribution < 1.29 is 0 Å². The van der Waals surface area contributed by atoms with Crippen LogP contribution in [0, 0.1) is 5.92 Å². The fourth-order valence-corrected chi connectivity index (χ4v) is 3.02. The van der Waals surface area contributed by atoms with Crippen LogP contribution in [0.15, 0.2) is 0 Å². The molecule has 2 rings (SSSR count). The molecule has 2 saturated heterocycles. The molecule has 0 bridgehead atoms. The van der Waals surface area contributed by atoms with Crippen molar-refractivity contribution in [2.24, 2.45) is 5.92 Å². The Balaban J connectivity index is 1.95. The lowest BCUT2D eigenvalue weighted by Gasteiger charge is -2.45. The molecule has 0 spiro atoms. The van der Waals surface area contributed by atoms with Crippen molar-refractivity contribution in [3.05, 3.63) is 0 Å². The second-order valence-electron chi connectivity index (χ2n) is 4.63. The number of rotatable bonds is 1. The quantitative estimate of drug-likeness (QED) is 0.605. The summed E-state index contributed by atoms with van der Waals surface area (Å²) >= 11 is 0. The lowest BCUT2D eigenvalue weighted by molar-refractivity contribution is 0.0408. The van der Waals surface area contributed by atoms with Crippen LogP contribution in [0.25, 0.3) is 0 Å². The second kappa shape index (κ2) is 3.97. The van der Waals surface area contributed by atoms with E-state index < -0.39 is 0 Å². The third-order valence-corrected chi connectivity index (χ3v) is 3.88. The predicted molar refractivity (Wildman–Crippen MR) is 55.9 cm³/mol. The van der Waals surface area contributed by atoms with E-state index in [1.165, 1.54) is 45.4 Å². The molecule has 0 N–H and O–H groups in total. The Morgan fingerprint density at radius 1 is 1.23 bits per heavy atom. The molecule has 0 radical (unpaired) electrons. The van der Waals surface area contributed by atoms with Gasteiger partial charge in [0.1, 0.15) is 0 Å². The minimum Gasteiger partial charge on any atom is -0.303 e. The van der Waals surface area contributed by atoms with Gasteiger partial charge >= 0.3 is 0 Å². The highest BCUT2D eigenvalue weighted by atomic mass is 15.2. The van der Waals surface area contributed by atoms with Crippen molar-refractivity contribution in [3.63, 3.8) is 0 Å². The Kier molecular flexibility index (Phi) is 2.89. The second-order valence-corrected chi connectivity index (χ2v) is 4.63. The van der Waals surface area contributed by atoms with Crippen molar-refractivity contribution in [1.82, 2.24) is 9.80 Å². The molecule has 13 heavy (non-hydrogen) atoms. The molecule has 0 saturated carbocycles. The summed E-state index contributed by atoms with van der Waals surface area (Å²) in [5, 5.41) is 0. The molecule has 2 unspecified atom stereocenters. The van der Waals surface area contributed by atoms with Gasteiger partial charge in [0, 0.05) is 12.6 Å². The first kappa shape index (κ1) is 9.47. The van der Waals surface area contributed by atoms with Crippen molar-refractivity contribution in [3.8, 4) is 0 Å². The van der Waals surface area contributed by atoms with Gasteiger partial charge in [-0.1, -0.05) is 6.92 Å². The molecule has 2 aliphatic heterocycles. The van der Waals surface area contributed by atoms with Crippen LogP contribution in [0.3, 0.4) is 0 Å². The number of nitrogens with zero attached hydrogens (tertiary/aromatic N) is 2. The summed E-state index contributed by atoms with van der Waals surface area (Å²) in [6.07, 6.45) is 4.27. The van der Waals surface area contributed by atoms with Gasteiger partial charge in [0.25, 0.3) is 0 Å². The monoisotopic (exact) mass is 182 g/mol. The maximum atomic E-state index is 2.61. The van der Waals surface area contributed by atoms with Gasteiger partial charge in [0.2, 0.25) is 0 Å². The summed E-state index contributed by atoms with van der Waals surface area (Å²) in [7, 11) is 2.30. The molecule has 0 aromatic carbocycles. The van der Waals surface area contributed by atoms with Crippen molar-refractivity contribution in [2.75, 3.05) is 33.2 Å². The van der Waals surface area contributed by atoms with Gasteiger partial charge in [-0.15, -0.1) is 0 Å². The van der Waals surface area contributed by atoms with E-state index in [0.29, 0.717) is 0 Å². The first-order valence-corrected chi connectivity index (χ1v) is 5.74. The number of hydrogen-bond acceptors (Lipinski definition) is 2. The van der Waals surface area contributed by atoms with Gasteiger partial charge in [-0.2, -0.15) is 0 Å². The van der Waals surface area contributed by atoms with E-state index in [1.807, 2.05) is 0 Å². The lowest BCUT2D eigenvalue weighted by Crippen LogP contribution is -2.52. The van der Waals surface area contributed by atoms with Gasteiger partial charge in [-0.05, 0) is 51.9 Å². The highest BCUT2D eigenvalue weighted by Gasteiger charge is 2.33. The van der Waals surface area contributed by atoms with Crippen LogP contribution in [-0.4, -0.2) is 49.1 Å². The number of piperidine rings is 2. The molecular formula is C11H22N2. The van der Waals surface area contributed by atoms with E-state index in [-0.39, 0.29) is 0 Å². The molecule has 2 heterocycles. The van der Waals surface area contributed by atoms with Crippen LogP contribution in [-0.2, 0) is 0 Å². The van der Waals surface area contributed by atoms with Crippen LogP contribution in [0.1, 0.15) is 26.2 Å². The Hall–Kier alpha value is -0.0800. The summed E-state index contributed by atoms with van der Waals surface area (Å²) in [6.45, 7) is 7.53. The molecule has 0 amide bonds. The van der Waals surface area contributed by atoms with E-state index in [1.54, 1.807) is 0 Å². The van der Waals surface area contributed by atoms with Crippen LogP contribution in [0.5, 0.6) is 0 Å². The Labute approximate surface area is 81.9 Å². The zero-order valence-corrected chi connectivity index (χ0v) is 9.00. The molecule has 0 aromatic heterocycles. The maximum Gasteiger partial charge on any atom is 0.0145 e. The molecule has 2 atom stereocenters. The van der Waals surface area contributed by atoms with Crippen LogP contribution < -0.4 is 0 Å². The number of fused-ring (bicyclic) bond motifs is 1. The summed E-state index contributed by atoms with van der Waals surface area (Å²) < 4.78 is 0. The fraction of sp³-hybridized carbons (Fsp3) is 1.00. The number of hydrogen-bond donors (Lipinski definition) is 0. The summed E-state index contributed by atoms with van der Waals surface area (Å²) in [5.74, 6) is 0.965. The maximum absolute atomic E-state index is 2.61. The van der Waals surface area contributed by atoms with Crippen LogP contribution in [0.2, 0.25) is 0 Å². The molecule has 2 nitrogen and oxygen atoms in total. The average molecular weight is 182 g/mol. The normalized spacial score (nSPS) is 37.4. The minimum absolute atomic E-state index is 0.900. The zero-order chi connectivity index (χ0) is 9.26. The SMILES string of the molecule is CCN1CCC2C(CCCN2C)C1. The Morgan fingerprint density at radius 2 is 2.08 bits per heavy atom. The fourth-order valence-electron chi connectivity index (χ4n) is 3.02. The summed E-state index contributed by atoms with van der Waals surface area (Å²) in [6, 6.07) is 0.900. The molecule has 0 aliphatic carbocycles. The van der Waals surface area contributed by atoms with Gasteiger partial charge in [0.05, 0.1) is 0 Å². The average Bonchev–Trinajstić information content (AvgIpc) is 2.18. The molecule has 0 aromatic rings. The minimum atomic E-state index is 0.900. The largest absolute Gasteiger partial charge is 0.303 e. The van der Waals surface area contributed by atoms with Crippen LogP contribution in [0.4, 0.5) is 0 Å². The van der Waals surface area contributed by atoms with Crippen molar-refractivity contribution in [2.45, 2.75) is 32.2 Å². The molecular weight excluding hydrogens is 160 g/mol. The van der Waals surface area contributed by atoms with E-state index >= 15 is 0 Å². The highest BCUT2D eigenvalue weighted by molar-refractivity contribution is 4.88. The first-order chi connectivity index (χ1) is 6.31. The molecule has 76 valence electrons. The number of likely N-dealkylation sites (tertiary alicyclic amines) is 2. The van der Waals surface area contributed by atoms with Crippen LogP contribution >= 0.6 is 0 Å². The van der Waals surface area contributed by atoms with E-state index in [2.05, 4.69) is 23.8 Å². The topological polar surface area (TPSA) is 6.48 Å². The standard InChI is InChI=1S/C11H22N2/c1-3-13-8-6-11-10(9-13)5-4-7-12(11)2/h10-11H,3-9H2,1-2H3. The molecule has 2 fully saturated rings. The Morgan fingerprint density at radius 3 is 2.85 bits per heavy atom. The summed E-state index contributed by atoms with van der Waals surface area (Å²) in [4.78, 5) is 5.20. The van der Waals surface area contributed by atoms with Gasteiger partial charge < -0.3 is 9.80 Å².